The zero-order valence-electron chi connectivity index (χ0n) is 13.8. The average molecular weight is 336 g/mol. The Morgan fingerprint density at radius 1 is 1.28 bits per heavy atom. The number of aryl methyl sites for hydroxylation is 1. The van der Waals surface area contributed by atoms with Crippen LogP contribution >= 0.6 is 0 Å². The third kappa shape index (κ3) is 3.03. The van der Waals surface area contributed by atoms with Gasteiger partial charge in [-0.1, -0.05) is 18.2 Å². The van der Waals surface area contributed by atoms with Crippen molar-refractivity contribution in [2.24, 2.45) is 0 Å². The van der Waals surface area contributed by atoms with Gasteiger partial charge in [-0.15, -0.1) is 0 Å². The number of nitrogens with zero attached hydrogens (tertiary/aromatic N) is 4. The topological polar surface area (TPSA) is 50.5 Å². The number of fused-ring (bicyclic) bond motifs is 1. The van der Waals surface area contributed by atoms with Crippen LogP contribution in [-0.2, 0) is 0 Å². The summed E-state index contributed by atoms with van der Waals surface area (Å²) in [5, 5.41) is 4.33. The van der Waals surface area contributed by atoms with E-state index in [-0.39, 0.29) is 11.7 Å². The molecule has 6 heteroatoms. The molecular formula is C19H17FN4O. The van der Waals surface area contributed by atoms with Crippen molar-refractivity contribution in [1.29, 1.82) is 0 Å². The fraction of sp³-hybridized carbons (Fsp3) is 0.211. The first kappa shape index (κ1) is 15.5. The molecule has 0 aliphatic carbocycles. The summed E-state index contributed by atoms with van der Waals surface area (Å²) in [5.41, 5.74) is 3.97. The van der Waals surface area contributed by atoms with Crippen LogP contribution in [0.4, 0.5) is 4.39 Å². The highest BCUT2D eigenvalue weighted by Crippen LogP contribution is 2.23. The summed E-state index contributed by atoms with van der Waals surface area (Å²) in [7, 11) is 0. The van der Waals surface area contributed by atoms with Crippen molar-refractivity contribution in [3.05, 3.63) is 71.4 Å². The molecule has 126 valence electrons. The van der Waals surface area contributed by atoms with Crippen LogP contribution in [0.5, 0.6) is 0 Å². The predicted octanol–water partition coefficient (Wildman–Crippen LogP) is 3.11. The Kier molecular flexibility index (Phi) is 3.80. The first-order valence-corrected chi connectivity index (χ1v) is 8.16. The standard InChI is InChI=1S/C19H17FN4O/c1-13-11-21-18-10-17(22-24(18)12-13)19(25)23-7-5-14(6-8-23)15-3-2-4-16(20)9-15/h2-5,9-12H,6-8H2,1H3. The zero-order valence-corrected chi connectivity index (χ0v) is 13.8. The maximum atomic E-state index is 13.4. The Hall–Kier alpha value is -3.02. The monoisotopic (exact) mass is 336 g/mol. The van der Waals surface area contributed by atoms with Crippen LogP contribution in [0.2, 0.25) is 0 Å². The summed E-state index contributed by atoms with van der Waals surface area (Å²) >= 11 is 0. The second kappa shape index (κ2) is 6.12. The molecule has 1 aliphatic heterocycles. The van der Waals surface area contributed by atoms with Gasteiger partial charge in [-0.2, -0.15) is 5.10 Å². The van der Waals surface area contributed by atoms with Gasteiger partial charge in [0.2, 0.25) is 0 Å². The molecule has 0 saturated carbocycles. The Morgan fingerprint density at radius 3 is 2.92 bits per heavy atom. The van der Waals surface area contributed by atoms with E-state index >= 15 is 0 Å². The number of carbonyl (C=O) groups excluding carboxylic acids is 1. The van der Waals surface area contributed by atoms with E-state index < -0.39 is 0 Å². The van der Waals surface area contributed by atoms with Crippen LogP contribution in [0.3, 0.4) is 0 Å². The molecule has 3 heterocycles. The van der Waals surface area contributed by atoms with Gasteiger partial charge >= 0.3 is 0 Å². The summed E-state index contributed by atoms with van der Waals surface area (Å²) < 4.78 is 15.0. The number of aromatic nitrogens is 3. The lowest BCUT2D eigenvalue weighted by atomic mass is 9.99. The quantitative estimate of drug-likeness (QED) is 0.722. The SMILES string of the molecule is Cc1cnc2cc(C(=O)N3CC=C(c4cccc(F)c4)CC3)nn2c1. The first-order valence-electron chi connectivity index (χ1n) is 8.16. The molecule has 1 amide bonds. The van der Waals surface area contributed by atoms with Crippen LogP contribution < -0.4 is 0 Å². The highest BCUT2D eigenvalue weighted by molar-refractivity contribution is 5.94. The Morgan fingerprint density at radius 2 is 2.16 bits per heavy atom. The van der Waals surface area contributed by atoms with E-state index in [1.54, 1.807) is 27.7 Å². The van der Waals surface area contributed by atoms with Gasteiger partial charge in [0.15, 0.2) is 11.3 Å². The van der Waals surface area contributed by atoms with E-state index in [1.165, 1.54) is 12.1 Å². The molecule has 1 aromatic carbocycles. The normalized spacial score (nSPS) is 14.6. The average Bonchev–Trinajstić information content (AvgIpc) is 3.04. The van der Waals surface area contributed by atoms with Crippen LogP contribution in [0.15, 0.2) is 48.8 Å². The molecule has 4 rings (SSSR count). The summed E-state index contributed by atoms with van der Waals surface area (Å²) in [6, 6.07) is 8.26. The number of carbonyl (C=O) groups is 1. The van der Waals surface area contributed by atoms with Gasteiger partial charge in [0.25, 0.3) is 5.91 Å². The van der Waals surface area contributed by atoms with Crippen LogP contribution in [0, 0.1) is 12.7 Å². The number of hydrogen-bond acceptors (Lipinski definition) is 3. The Balaban J connectivity index is 1.53. The smallest absolute Gasteiger partial charge is 0.274 e. The molecule has 0 N–H and O–H groups in total. The minimum atomic E-state index is -0.246. The highest BCUT2D eigenvalue weighted by atomic mass is 19.1. The van der Waals surface area contributed by atoms with E-state index in [0.717, 1.165) is 16.7 Å². The summed E-state index contributed by atoms with van der Waals surface area (Å²) in [5.74, 6) is -0.359. The minimum absolute atomic E-state index is 0.113. The molecule has 0 fully saturated rings. The third-order valence-corrected chi connectivity index (χ3v) is 4.35. The van der Waals surface area contributed by atoms with Crippen LogP contribution in [0.1, 0.15) is 28.0 Å². The van der Waals surface area contributed by atoms with Gasteiger partial charge in [-0.25, -0.2) is 13.9 Å². The van der Waals surface area contributed by atoms with Gasteiger partial charge < -0.3 is 4.90 Å². The molecule has 0 atom stereocenters. The molecule has 3 aromatic rings. The van der Waals surface area contributed by atoms with Crippen LogP contribution in [-0.4, -0.2) is 38.5 Å². The second-order valence-corrected chi connectivity index (χ2v) is 6.20. The number of rotatable bonds is 2. The summed E-state index contributed by atoms with van der Waals surface area (Å²) in [6.45, 7) is 3.01. The van der Waals surface area contributed by atoms with Gasteiger partial charge in [0, 0.05) is 31.5 Å². The molecule has 0 bridgehead atoms. The fourth-order valence-corrected chi connectivity index (χ4v) is 3.04. The maximum absolute atomic E-state index is 13.4. The number of benzene rings is 1. The molecule has 0 unspecified atom stereocenters. The lowest BCUT2D eigenvalue weighted by molar-refractivity contribution is 0.0766. The van der Waals surface area contributed by atoms with Crippen LogP contribution in [0.25, 0.3) is 11.2 Å². The fourth-order valence-electron chi connectivity index (χ4n) is 3.04. The third-order valence-electron chi connectivity index (χ3n) is 4.35. The first-order chi connectivity index (χ1) is 12.1. The van der Waals surface area contributed by atoms with Crippen molar-refractivity contribution >= 4 is 17.1 Å². The van der Waals surface area contributed by atoms with E-state index in [1.807, 2.05) is 25.3 Å². The molecule has 1 aliphatic rings. The predicted molar refractivity (Wildman–Crippen MR) is 92.6 cm³/mol. The van der Waals surface area contributed by atoms with Crippen molar-refractivity contribution < 1.29 is 9.18 Å². The highest BCUT2D eigenvalue weighted by Gasteiger charge is 2.22. The number of amides is 1. The number of hydrogen-bond donors (Lipinski definition) is 0. The van der Waals surface area contributed by atoms with E-state index in [0.29, 0.717) is 30.9 Å². The summed E-state index contributed by atoms with van der Waals surface area (Å²) in [4.78, 5) is 18.7. The Labute approximate surface area is 144 Å². The van der Waals surface area contributed by atoms with Crippen molar-refractivity contribution in [2.45, 2.75) is 13.3 Å². The van der Waals surface area contributed by atoms with Crippen molar-refractivity contribution in [3.8, 4) is 0 Å². The molecule has 0 spiro atoms. The molecular weight excluding hydrogens is 319 g/mol. The maximum Gasteiger partial charge on any atom is 0.274 e. The molecule has 0 radical (unpaired) electrons. The van der Waals surface area contributed by atoms with E-state index in [4.69, 9.17) is 0 Å². The van der Waals surface area contributed by atoms with E-state index in [2.05, 4.69) is 10.1 Å². The molecule has 5 nitrogen and oxygen atoms in total. The lowest BCUT2D eigenvalue weighted by Gasteiger charge is -2.26. The molecule has 2 aromatic heterocycles. The van der Waals surface area contributed by atoms with Gasteiger partial charge in [-0.05, 0) is 42.2 Å². The summed E-state index contributed by atoms with van der Waals surface area (Å²) in [6.07, 6.45) is 6.27. The van der Waals surface area contributed by atoms with E-state index in [9.17, 15) is 9.18 Å². The van der Waals surface area contributed by atoms with Gasteiger partial charge in [0.05, 0.1) is 0 Å². The van der Waals surface area contributed by atoms with Gasteiger partial charge in [0.1, 0.15) is 5.82 Å². The van der Waals surface area contributed by atoms with Crippen molar-refractivity contribution in [3.63, 3.8) is 0 Å². The van der Waals surface area contributed by atoms with Crippen molar-refractivity contribution in [2.75, 3.05) is 13.1 Å². The number of halogens is 1. The van der Waals surface area contributed by atoms with Crippen molar-refractivity contribution in [1.82, 2.24) is 19.5 Å². The lowest BCUT2D eigenvalue weighted by Crippen LogP contribution is -2.34. The second-order valence-electron chi connectivity index (χ2n) is 6.20. The largest absolute Gasteiger partial charge is 0.333 e. The Bertz CT molecular complexity index is 992. The minimum Gasteiger partial charge on any atom is -0.333 e. The molecule has 0 saturated heterocycles. The van der Waals surface area contributed by atoms with Gasteiger partial charge in [-0.3, -0.25) is 4.79 Å². The molecule has 25 heavy (non-hydrogen) atoms. The zero-order chi connectivity index (χ0) is 17.4.